The molecular weight excluding hydrogens is 2060 g/mol. The molecule has 40 N–H and O–H groups in total. The fraction of sp³-hybridized carbons (Fsp3) is 0.767. The van der Waals surface area contributed by atoms with Crippen LogP contribution in [0.4, 0.5) is 0 Å². The molecule has 12 rings (SSSR count). The second-order valence-corrected chi connectivity index (χ2v) is 35.0. The second-order valence-electron chi connectivity index (χ2n) is 35.0. The van der Waals surface area contributed by atoms with E-state index in [2.05, 4.69) is 47.4 Å². The normalized spacial score (nSPS) is 36.5. The van der Waals surface area contributed by atoms with Gasteiger partial charge in [0.2, 0.25) is 17.3 Å². The van der Waals surface area contributed by atoms with Crippen LogP contribution in [0.1, 0.15) is 109 Å². The van der Waals surface area contributed by atoms with Crippen molar-refractivity contribution in [3.8, 4) is 0 Å². The molecule has 0 amide bonds. The van der Waals surface area contributed by atoms with E-state index in [1.165, 1.54) is 48.5 Å². The van der Waals surface area contributed by atoms with E-state index >= 15 is 0 Å². The van der Waals surface area contributed by atoms with Crippen LogP contribution in [0.3, 0.4) is 0 Å². The molecular formula is C86H140O64. The fourth-order valence-corrected chi connectivity index (χ4v) is 14.1. The third kappa shape index (κ3) is 36.6. The molecule has 0 radical (unpaired) electrons. The number of hydrogen-bond acceptors (Lipinski definition) is 60. The predicted octanol–water partition coefficient (Wildman–Crippen LogP) is -15.6. The van der Waals surface area contributed by atoms with E-state index in [-0.39, 0.29) is 42.0 Å². The minimum atomic E-state index is -1.65. The van der Waals surface area contributed by atoms with Gasteiger partial charge in [-0.25, -0.2) is 52.7 Å². The van der Waals surface area contributed by atoms with Crippen molar-refractivity contribution in [2.75, 3.05) is 39.6 Å². The molecule has 0 spiro atoms. The lowest BCUT2D eigenvalue weighted by molar-refractivity contribution is -0.265. The van der Waals surface area contributed by atoms with Gasteiger partial charge in [-0.2, -0.15) is 0 Å². The van der Waals surface area contributed by atoms with Crippen molar-refractivity contribution in [1.82, 2.24) is 0 Å². The van der Waals surface area contributed by atoms with Crippen molar-refractivity contribution >= 4 is 71.6 Å². The summed E-state index contributed by atoms with van der Waals surface area (Å²) in [6.07, 6.45) is -43.7. The number of esters is 8. The standard InChI is InChI=1S/C8H14O5.C8H12O5.4C7H12O6.C7H12O5.C7H10O5.C7H12O5.C7H10O5.C7H12O5.C7H10O5/c2*1-2-4(3-9)7-5(10)6(11)8(12)13-7;1-2-3(8)4(9)5(10)6(13-2)7(11)12;1-2-3(8)4(9)5(6(10)11)13-7(2)12;1-2-3(8)4(9)7(12)13-5(2)6(10)11;1-2-3(8)5(6(10)11)13-7(12)4(2)9;2*1-3-5(10)6(4(9)2-8)12-7(3)11;2*1-3-5(10)7(11)12-6(3)4(9)2-8;2*1-2-3(8)6-4(9)5(10)7(11)12-6/h4-7,9-11H,2-3H2,1H3;4,7,9-11H,2-3H2,1H3;2-6,8-10H,1H3,(H,11,12);3*2-5,7-9,12H,1H3,(H,10,11);3-6,8-10H,2H2,1H3;4,6,8-10H,2H2,1H3;3-6,8-10H,2H2,1H3;4,6,8-10H,2H2,1H3;3-6,8-10H,2H2,1H3;3,6,8-10H,2H2,1H3. The van der Waals surface area contributed by atoms with Crippen LogP contribution >= 0.6 is 0 Å². The lowest BCUT2D eigenvalue weighted by Gasteiger charge is -2.37. The monoisotopic (exact) mass is 2200 g/mol. The van der Waals surface area contributed by atoms with Crippen LogP contribution in [0.5, 0.6) is 0 Å². The highest BCUT2D eigenvalue weighted by atomic mass is 16.7. The molecule has 12 heterocycles. The number of ether oxygens (including phenoxy) is 12. The van der Waals surface area contributed by atoms with Gasteiger partial charge in [-0.1, -0.05) is 55.4 Å². The van der Waals surface area contributed by atoms with Crippen LogP contribution in [0.15, 0.2) is 45.7 Å². The quantitative estimate of drug-likeness (QED) is 0.0353. The molecule has 0 aromatic carbocycles. The third-order valence-corrected chi connectivity index (χ3v) is 24.4. The van der Waals surface area contributed by atoms with E-state index in [0.29, 0.717) is 25.7 Å². The summed E-state index contributed by atoms with van der Waals surface area (Å²) in [6.45, 7) is 16.2. The van der Waals surface area contributed by atoms with Crippen molar-refractivity contribution in [2.45, 2.75) is 335 Å². The van der Waals surface area contributed by atoms with E-state index in [1.807, 2.05) is 6.92 Å². The minimum Gasteiger partial charge on any atom is -0.508 e. The molecule has 0 aromatic rings. The Morgan fingerprint density at radius 3 is 0.980 bits per heavy atom. The van der Waals surface area contributed by atoms with Gasteiger partial charge in [0.15, 0.2) is 110 Å². The first kappa shape index (κ1) is 138. The zero-order valence-electron chi connectivity index (χ0n) is 82.2. The van der Waals surface area contributed by atoms with Crippen molar-refractivity contribution in [1.29, 1.82) is 0 Å². The molecule has 0 bridgehead atoms. The number of rotatable bonds is 22. The zero-order valence-corrected chi connectivity index (χ0v) is 82.2. The van der Waals surface area contributed by atoms with E-state index < -0.39 is 383 Å². The molecule has 8 fully saturated rings. The van der Waals surface area contributed by atoms with Crippen LogP contribution in [0.2, 0.25) is 0 Å². The number of hydrogen-bond donors (Lipinski definition) is 40. The summed E-state index contributed by atoms with van der Waals surface area (Å²) in [4.78, 5) is 128. The van der Waals surface area contributed by atoms with E-state index in [0.717, 1.165) is 0 Å². The number of carboxylic acids is 4. The smallest absolute Gasteiger partial charge is 0.377 e. The van der Waals surface area contributed by atoms with Gasteiger partial charge in [0.1, 0.15) is 97.3 Å². The van der Waals surface area contributed by atoms with Gasteiger partial charge in [0.25, 0.3) is 0 Å². The summed E-state index contributed by atoms with van der Waals surface area (Å²) < 4.78 is 55.3. The highest BCUT2D eigenvalue weighted by molar-refractivity contribution is 5.92. The summed E-state index contributed by atoms with van der Waals surface area (Å²) >= 11 is 0. The maximum Gasteiger partial charge on any atom is 0.377 e. The van der Waals surface area contributed by atoms with E-state index in [1.54, 1.807) is 27.7 Å². The largest absolute Gasteiger partial charge is 0.508 e. The molecule has 44 atom stereocenters. The van der Waals surface area contributed by atoms with E-state index in [4.69, 9.17) is 137 Å². The average molecular weight is 2200 g/mol. The van der Waals surface area contributed by atoms with Gasteiger partial charge in [0, 0.05) is 54.3 Å². The summed E-state index contributed by atoms with van der Waals surface area (Å²) in [5, 5.41) is 360. The summed E-state index contributed by atoms with van der Waals surface area (Å²) in [5.74, 6) is -19.2. The molecule has 12 aliphatic heterocycles. The fourth-order valence-electron chi connectivity index (χ4n) is 14.1. The average Bonchev–Trinajstić information content (AvgIpc) is 1.19. The van der Waals surface area contributed by atoms with Gasteiger partial charge >= 0.3 is 71.6 Å². The Morgan fingerprint density at radius 2 is 0.620 bits per heavy atom. The Balaban J connectivity index is 0.000000818. The molecule has 64 nitrogen and oxygen atoms in total. The SMILES string of the molecule is CC1=C(O)C(=O)OC1C(O)CO.CC1=C(O)C(C(O)CO)OC1=O.CC1C(=O)OC(C(O)CO)C1O.CC1C(C(=O)O)OC(O)C(O)C1O.CC1C(O)C(=O)OC1C(O)CO.CC1C(O)C(O)OC(C(=O)O)C1O.CC1C(O)OC(C(=O)O)C(O)C1O.CC1OC(C(=O)O)C(O)C(O)C1O.CCC(CO)C1OC(=O)C(O)=C1O.CCC(CO)C1OC(=O)C(O)C1O.CCC(O)C1OC(=O)C(O)=C1O.CCC(O)C1OC(=O)C(O)C1O. The number of carbonyl (C=O) groups is 12. The first-order chi connectivity index (χ1) is 69.5. The second kappa shape index (κ2) is 63.6. The number of carboxylic acid groups (broad SMARTS) is 4. The lowest BCUT2D eigenvalue weighted by atomic mass is 9.91. The summed E-state index contributed by atoms with van der Waals surface area (Å²) in [5.41, 5.74) is 0.328. The molecule has 44 unspecified atom stereocenters. The highest BCUT2D eigenvalue weighted by Crippen LogP contribution is 2.34. The van der Waals surface area contributed by atoms with Gasteiger partial charge in [0.05, 0.1) is 74.5 Å². The number of cyclic esters (lactones) is 8. The van der Waals surface area contributed by atoms with Gasteiger partial charge < -0.3 is 261 Å². The topological polar surface area (TPSA) is 1120 Å². The molecule has 8 saturated heterocycles. The first-order valence-corrected chi connectivity index (χ1v) is 45.7. The van der Waals surface area contributed by atoms with Gasteiger partial charge in [-0.15, -0.1) is 0 Å². The van der Waals surface area contributed by atoms with Crippen molar-refractivity contribution in [3.63, 3.8) is 0 Å². The van der Waals surface area contributed by atoms with Crippen molar-refractivity contribution in [3.05, 3.63) is 45.7 Å². The summed E-state index contributed by atoms with van der Waals surface area (Å²) in [6, 6.07) is 0. The number of aliphatic carboxylic acids is 4. The Labute approximate surface area is 849 Å². The molecule has 868 valence electrons. The van der Waals surface area contributed by atoms with Gasteiger partial charge in [-0.05, 0) is 53.4 Å². The summed E-state index contributed by atoms with van der Waals surface area (Å²) in [7, 11) is 0. The van der Waals surface area contributed by atoms with Crippen molar-refractivity contribution in [2.24, 2.45) is 41.4 Å². The van der Waals surface area contributed by atoms with Crippen LogP contribution in [0.25, 0.3) is 0 Å². The molecule has 0 saturated carbocycles. The number of aliphatic hydroxyl groups is 36. The minimum absolute atomic E-state index is 0.0764. The third-order valence-electron chi connectivity index (χ3n) is 24.4. The Morgan fingerprint density at radius 1 is 0.273 bits per heavy atom. The van der Waals surface area contributed by atoms with Gasteiger partial charge in [-0.3, -0.25) is 4.79 Å². The first-order valence-electron chi connectivity index (χ1n) is 45.7. The molecule has 12 aliphatic rings. The van der Waals surface area contributed by atoms with Crippen LogP contribution in [0, 0.1) is 41.4 Å². The van der Waals surface area contributed by atoms with E-state index in [9.17, 15) is 134 Å². The highest BCUT2D eigenvalue weighted by Gasteiger charge is 2.53. The molecule has 64 heteroatoms. The van der Waals surface area contributed by atoms with Crippen LogP contribution < -0.4 is 0 Å². The Kier molecular flexibility index (Phi) is 58.6. The Hall–Kier alpha value is -9.96. The number of carbonyl (C=O) groups excluding carboxylic acids is 8. The Bertz CT molecular complexity index is 4030. The van der Waals surface area contributed by atoms with Crippen LogP contribution in [-0.2, 0) is 114 Å². The number of aliphatic hydroxyl groups excluding tert-OH is 36. The van der Waals surface area contributed by atoms with Crippen LogP contribution in [-0.4, -0.2) is 542 Å². The van der Waals surface area contributed by atoms with Crippen molar-refractivity contribution < 1.29 is 319 Å². The maximum atomic E-state index is 10.8. The molecule has 0 aromatic heterocycles. The molecule has 0 aliphatic carbocycles. The maximum absolute atomic E-state index is 10.8. The zero-order chi connectivity index (χ0) is 117. The predicted molar refractivity (Wildman–Crippen MR) is 474 cm³/mol. The lowest BCUT2D eigenvalue weighted by Crippen LogP contribution is -2.58. The molecule has 150 heavy (non-hydrogen) atoms.